The fraction of sp³-hybridized carbons (Fsp3) is 0.776. The van der Waals surface area contributed by atoms with Crippen molar-refractivity contribution in [2.45, 2.75) is 135 Å². The molecule has 6 heterocycles. The van der Waals surface area contributed by atoms with Crippen LogP contribution in [0.5, 0.6) is 0 Å². The van der Waals surface area contributed by atoms with Gasteiger partial charge in [-0.15, -0.1) is 0 Å². The minimum Gasteiger partial charge on any atom is -0.394 e. The fourth-order valence-corrected chi connectivity index (χ4v) is 11.3. The molecule has 12 atom stereocenters. The lowest BCUT2D eigenvalue weighted by Crippen LogP contribution is -2.56. The summed E-state index contributed by atoms with van der Waals surface area (Å²) in [6.07, 6.45) is -2.52. The van der Waals surface area contributed by atoms with Gasteiger partial charge in [0.15, 0.2) is 0 Å². The Morgan fingerprint density at radius 1 is 0.372 bits per heavy atom. The van der Waals surface area contributed by atoms with Gasteiger partial charge in [0.05, 0.1) is 194 Å². The Balaban J connectivity index is 0.801. The number of rotatable bonds is 57. The predicted molar refractivity (Wildman–Crippen MR) is 383 cm³/mol. The number of aromatic nitrogens is 6. The average molecular weight is 1640 g/mol. The van der Waals surface area contributed by atoms with Crippen molar-refractivity contribution in [3.8, 4) is 0 Å². The molecule has 3 saturated heterocycles. The molecule has 6 rings (SSSR count). The molecule has 3 aliphatic rings. The summed E-state index contributed by atoms with van der Waals surface area (Å²) in [4.78, 5) is 60.9. The number of halogens is 6. The predicted octanol–water partition coefficient (Wildman–Crippen LogP) is -3.50. The molecule has 3 aliphatic heterocycles. The first-order valence-electron chi connectivity index (χ1n) is 37.0. The maximum absolute atomic E-state index is 15.0. The molecule has 113 heavy (non-hydrogen) atoms. The Bertz CT molecular complexity index is 2850. The third-order valence-electron chi connectivity index (χ3n) is 17.6. The molecule has 3 fully saturated rings. The number of anilines is 3. The van der Waals surface area contributed by atoms with Crippen molar-refractivity contribution in [1.29, 1.82) is 0 Å². The Morgan fingerprint density at radius 3 is 0.867 bits per heavy atom. The lowest BCUT2D eigenvalue weighted by molar-refractivity contribution is -0.152. The van der Waals surface area contributed by atoms with Gasteiger partial charge < -0.3 is 156 Å². The molecule has 6 amide bonds. The van der Waals surface area contributed by atoms with E-state index in [4.69, 9.17) is 62.6 Å². The second kappa shape index (κ2) is 51.3. The van der Waals surface area contributed by atoms with E-state index in [9.17, 15) is 86.7 Å². The zero-order valence-corrected chi connectivity index (χ0v) is 62.5. The maximum atomic E-state index is 15.0. The van der Waals surface area contributed by atoms with Crippen LogP contribution in [-0.4, -0.2) is 370 Å². The summed E-state index contributed by atoms with van der Waals surface area (Å²) in [7, 11) is 0. The number of nitrogens with one attached hydrogen (secondary N) is 9. The minimum atomic E-state index is -3.55. The highest BCUT2D eigenvalue weighted by molar-refractivity contribution is 5.74. The van der Waals surface area contributed by atoms with Gasteiger partial charge in [-0.2, -0.15) is 26.3 Å². The molecule has 0 bridgehead atoms. The number of alkyl halides is 6. The second-order valence-corrected chi connectivity index (χ2v) is 26.4. The van der Waals surface area contributed by atoms with Crippen molar-refractivity contribution >= 4 is 35.5 Å². The number of nitrogens with two attached hydrogens (primary N) is 1. The summed E-state index contributed by atoms with van der Waals surface area (Å²) in [6, 6.07) is -4.13. The van der Waals surface area contributed by atoms with Gasteiger partial charge in [-0.25, -0.2) is 29.3 Å². The third kappa shape index (κ3) is 34.9. The maximum Gasteiger partial charge on any atom is 0.314 e. The van der Waals surface area contributed by atoms with Crippen LogP contribution in [0.4, 0.5) is 58.2 Å². The number of hydrogen-bond donors (Lipinski definition) is 19. The summed E-state index contributed by atoms with van der Waals surface area (Å²) in [5.74, 6) is -11.0. The topological polar surface area (TPSA) is 556 Å². The summed E-state index contributed by atoms with van der Waals surface area (Å²) >= 11 is 0. The van der Waals surface area contributed by atoms with Crippen LogP contribution >= 0.6 is 0 Å². The molecule has 3 aromatic rings. The molecular weight excluding hydrogens is 1530 g/mol. The summed E-state index contributed by atoms with van der Waals surface area (Å²) in [5, 5.41) is 114. The molecule has 0 aliphatic carbocycles. The highest BCUT2D eigenvalue weighted by Gasteiger charge is 2.43. The van der Waals surface area contributed by atoms with Gasteiger partial charge in [0.2, 0.25) is 0 Å². The summed E-state index contributed by atoms with van der Waals surface area (Å²) in [6.45, 7) is -3.47. The number of carbonyl (C=O) groups is 3. The van der Waals surface area contributed by atoms with Crippen molar-refractivity contribution in [2.75, 3.05) is 214 Å². The van der Waals surface area contributed by atoms with Crippen molar-refractivity contribution in [1.82, 2.24) is 61.8 Å². The zero-order valence-electron chi connectivity index (χ0n) is 62.5. The molecular formula is C67H110F6N16O24. The highest BCUT2D eigenvalue weighted by Crippen LogP contribution is 2.31. The number of ether oxygens (including phenoxy) is 12. The van der Waals surface area contributed by atoms with Crippen LogP contribution in [0.3, 0.4) is 0 Å². The molecule has 46 heteroatoms. The number of amides is 6. The molecule has 0 spiro atoms. The van der Waals surface area contributed by atoms with Crippen LogP contribution in [0, 0.1) is 0 Å². The van der Waals surface area contributed by atoms with E-state index in [1.165, 1.54) is 0 Å². The largest absolute Gasteiger partial charge is 0.394 e. The van der Waals surface area contributed by atoms with Crippen molar-refractivity contribution in [3.63, 3.8) is 0 Å². The van der Waals surface area contributed by atoms with Crippen molar-refractivity contribution in [3.05, 3.63) is 54.3 Å². The minimum absolute atomic E-state index is 0.0338. The van der Waals surface area contributed by atoms with Gasteiger partial charge in [-0.1, -0.05) is 0 Å². The number of hydrogen-bond acceptors (Lipinski definition) is 34. The van der Waals surface area contributed by atoms with Crippen molar-refractivity contribution < 1.29 is 144 Å². The number of nitrogens with zero attached hydrogens (tertiary/aromatic N) is 6. The third-order valence-corrected chi connectivity index (χ3v) is 17.6. The molecule has 644 valence electrons. The molecule has 40 nitrogen and oxygen atoms in total. The Labute approximate surface area is 647 Å². The normalized spacial score (nSPS) is 22.3. The van der Waals surface area contributed by atoms with Gasteiger partial charge in [-0.05, 0) is 38.5 Å². The number of aliphatic hydroxyl groups is 9. The molecule has 20 N–H and O–H groups in total. The van der Waals surface area contributed by atoms with E-state index in [2.05, 4.69) is 77.8 Å². The van der Waals surface area contributed by atoms with E-state index in [1.807, 2.05) is 0 Å². The van der Waals surface area contributed by atoms with Crippen molar-refractivity contribution in [2.24, 2.45) is 5.73 Å². The van der Waals surface area contributed by atoms with E-state index in [0.717, 1.165) is 37.2 Å². The number of carbonyl (C=O) groups excluding carboxylic acids is 3. The highest BCUT2D eigenvalue weighted by atomic mass is 19.3. The van der Waals surface area contributed by atoms with Gasteiger partial charge in [0.1, 0.15) is 109 Å². The smallest absolute Gasteiger partial charge is 0.314 e. The monoisotopic (exact) mass is 1640 g/mol. The summed E-state index contributed by atoms with van der Waals surface area (Å²) < 4.78 is 154. The first-order chi connectivity index (χ1) is 54.3. The van der Waals surface area contributed by atoms with Gasteiger partial charge in [0.25, 0.3) is 0 Å². The fourth-order valence-electron chi connectivity index (χ4n) is 11.3. The molecule has 0 unspecified atom stereocenters. The Hall–Kier alpha value is -6.85. The standard InChI is InChI=1S/C67H110F6N16O24/c68-65(69,49-28-75-31-52(87-49)84-43-37-111-46(34-90)58(96)55(43)93)40-108-25-22-105-19-16-102-13-10-81-61(99)78-7-1-4-64(74,5-2-8-79-62(100)82-11-14-103-17-20-106-23-26-109-41-66(70,71)50-29-76-32-53(88-50)85-44-38-112-47(35-91)59(97)56(44)94)6-3-9-80-63(101)83-12-15-104-18-21-107-24-27-110-42-67(72,73)51-30-77-33-54(89-51)86-45-39-113-48(36-92)60(98)57(45)95/h28-33,43-48,55-60,90-98H,1-27,34-42,74H2,(H,84,87)(H,85,88)(H,86,89)(H2,78,81,99)(H2,79,82,100)(H2,80,83,101)/t43-,44-,45-,46+,47+,48+,55+,56+,57+,58-,59-,60-/m0/s1. The zero-order chi connectivity index (χ0) is 81.9. The van der Waals surface area contributed by atoms with E-state index in [-0.39, 0.29) is 176 Å². The summed E-state index contributed by atoms with van der Waals surface area (Å²) in [5.41, 5.74) is 4.05. The lowest BCUT2D eigenvalue weighted by atomic mass is 9.85. The van der Waals surface area contributed by atoms with Crippen LogP contribution in [0.25, 0.3) is 0 Å². The van der Waals surface area contributed by atoms with Gasteiger partial charge >= 0.3 is 35.9 Å². The van der Waals surface area contributed by atoms with Crippen LogP contribution in [0.1, 0.15) is 55.6 Å². The number of aliphatic hydroxyl groups excluding tert-OH is 9. The average Bonchev–Trinajstić information content (AvgIpc) is 0.819. The molecule has 0 radical (unpaired) electrons. The Morgan fingerprint density at radius 2 is 0.611 bits per heavy atom. The van der Waals surface area contributed by atoms with E-state index in [0.29, 0.717) is 38.5 Å². The first kappa shape index (κ1) is 95.0. The second-order valence-electron chi connectivity index (χ2n) is 26.4. The quantitative estimate of drug-likeness (QED) is 0.0193. The van der Waals surface area contributed by atoms with Crippen LogP contribution in [0.2, 0.25) is 0 Å². The SMILES string of the molecule is NC(CCCNC(=O)NCCOCCOCCOCC(F)(F)c1cncc(N[C@H]2CO[C@H](CO)[C@H](O)[C@@H]2O)n1)(CCCNC(=O)NCCOCCOCCOCC(F)(F)c1cncc(N[C@H]2CO[C@H](CO)[C@H](O)[C@@H]2O)n1)CCCNC(=O)NCCOCCOCCOCC(F)(F)c1cncc(N[C@H]2CO[C@H](CO)[C@H](O)[C@@H]2O)n1. The van der Waals surface area contributed by atoms with E-state index >= 15 is 0 Å². The van der Waals surface area contributed by atoms with Crippen LogP contribution < -0.4 is 53.6 Å². The Kier molecular flexibility index (Phi) is 43.1. The van der Waals surface area contributed by atoms with Gasteiger partial charge in [-0.3, -0.25) is 15.0 Å². The van der Waals surface area contributed by atoms with E-state index in [1.54, 1.807) is 0 Å². The van der Waals surface area contributed by atoms with Crippen LogP contribution in [-0.2, 0) is 74.6 Å². The lowest BCUT2D eigenvalue weighted by Gasteiger charge is -2.37. The number of urea groups is 3. The van der Waals surface area contributed by atoms with E-state index < -0.39 is 171 Å². The molecule has 0 saturated carbocycles. The first-order valence-corrected chi connectivity index (χ1v) is 37.0. The van der Waals surface area contributed by atoms with Gasteiger partial charge in [0, 0.05) is 44.8 Å². The molecule has 0 aromatic carbocycles. The van der Waals surface area contributed by atoms with Crippen LogP contribution in [0.15, 0.2) is 37.2 Å². The molecule has 3 aromatic heterocycles.